The van der Waals surface area contributed by atoms with E-state index < -0.39 is 29.3 Å². The number of alkyl halides is 1. The van der Waals surface area contributed by atoms with Gasteiger partial charge in [0.25, 0.3) is 0 Å². The molecular weight excluding hydrogens is 390 g/mol. The van der Waals surface area contributed by atoms with E-state index in [2.05, 4.69) is 21.2 Å². The Morgan fingerprint density at radius 3 is 1.96 bits per heavy atom. The minimum absolute atomic E-state index is 0.163. The van der Waals surface area contributed by atoms with Crippen molar-refractivity contribution in [3.63, 3.8) is 0 Å². The Balaban J connectivity index is 4.60. The molecule has 1 atom stereocenters. The molecule has 25 heavy (non-hydrogen) atoms. The Kier molecular flexibility index (Phi) is 10.3. The highest BCUT2D eigenvalue weighted by molar-refractivity contribution is 9.09. The molecule has 0 spiro atoms. The minimum Gasteiger partial charge on any atom is -0.458 e. The van der Waals surface area contributed by atoms with E-state index in [4.69, 9.17) is 9.47 Å². The first-order valence-electron chi connectivity index (χ1n) is 8.64. The van der Waals surface area contributed by atoms with Crippen molar-refractivity contribution >= 4 is 33.8 Å². The van der Waals surface area contributed by atoms with Gasteiger partial charge < -0.3 is 14.8 Å². The molecule has 0 aromatic carbocycles. The molecule has 0 unspecified atom stereocenters. The summed E-state index contributed by atoms with van der Waals surface area (Å²) in [4.78, 5) is 35.5. The molecule has 0 aliphatic rings. The second-order valence-corrected chi connectivity index (χ2v) is 8.56. The van der Waals surface area contributed by atoms with Crippen LogP contribution < -0.4 is 5.32 Å². The predicted molar refractivity (Wildman–Crippen MR) is 101 cm³/mol. The lowest BCUT2D eigenvalue weighted by molar-refractivity contribution is -0.157. The van der Waals surface area contributed by atoms with Gasteiger partial charge in [0.2, 0.25) is 0 Å². The van der Waals surface area contributed by atoms with E-state index in [0.29, 0.717) is 24.6 Å². The summed E-state index contributed by atoms with van der Waals surface area (Å²) in [5, 5.41) is 2.97. The molecule has 6 nitrogen and oxygen atoms in total. The van der Waals surface area contributed by atoms with Crippen LogP contribution in [-0.2, 0) is 19.1 Å². The van der Waals surface area contributed by atoms with Crippen molar-refractivity contribution in [1.82, 2.24) is 5.32 Å². The number of rotatable bonds is 9. The maximum absolute atomic E-state index is 12.3. The van der Waals surface area contributed by atoms with Crippen molar-refractivity contribution in [3.8, 4) is 0 Å². The van der Waals surface area contributed by atoms with Crippen LogP contribution in [0.2, 0.25) is 0 Å². The van der Waals surface area contributed by atoms with Crippen molar-refractivity contribution in [1.29, 1.82) is 0 Å². The van der Waals surface area contributed by atoms with Crippen molar-refractivity contribution in [2.24, 2.45) is 0 Å². The third-order valence-electron chi connectivity index (χ3n) is 2.98. The summed E-state index contributed by atoms with van der Waals surface area (Å²) in [5.74, 6) is -0.314. The van der Waals surface area contributed by atoms with E-state index in [0.717, 1.165) is 12.8 Å². The molecule has 0 bridgehead atoms. The van der Waals surface area contributed by atoms with Crippen LogP contribution in [0.3, 0.4) is 0 Å². The van der Waals surface area contributed by atoms with Gasteiger partial charge in [0, 0.05) is 6.42 Å². The van der Waals surface area contributed by atoms with Gasteiger partial charge in [-0.2, -0.15) is 0 Å². The van der Waals surface area contributed by atoms with Gasteiger partial charge in [0.05, 0.1) is 5.33 Å². The summed E-state index contributed by atoms with van der Waals surface area (Å²) >= 11 is 3.13. The molecule has 0 aliphatic heterocycles. The molecule has 0 aromatic heterocycles. The van der Waals surface area contributed by atoms with Gasteiger partial charge in [-0.15, -0.1) is 0 Å². The van der Waals surface area contributed by atoms with Gasteiger partial charge >= 0.3 is 12.1 Å². The lowest BCUT2D eigenvalue weighted by Gasteiger charge is -2.26. The molecule has 0 radical (unpaired) electrons. The quantitative estimate of drug-likeness (QED) is 0.343. The first-order chi connectivity index (χ1) is 11.3. The zero-order chi connectivity index (χ0) is 19.7. The average molecular weight is 422 g/mol. The largest absolute Gasteiger partial charge is 0.458 e. The average Bonchev–Trinajstić information content (AvgIpc) is 2.41. The second-order valence-electron chi connectivity index (χ2n) is 8.00. The first-order valence-corrected chi connectivity index (χ1v) is 9.76. The standard InChI is InChI=1S/C18H32BrNO5/c1-17(2,3)24-15(22)14(20-16(23)25-18(4,5)6)11-9-7-8-10-13(21)12-19/h14H,7-12H2,1-6H3,(H,20,23)/t14-/m0/s1. The number of ether oxygens (including phenoxy) is 2. The molecule has 7 heteroatoms. The van der Waals surface area contributed by atoms with Crippen LogP contribution in [0.25, 0.3) is 0 Å². The van der Waals surface area contributed by atoms with E-state index >= 15 is 0 Å². The molecule has 0 saturated heterocycles. The fourth-order valence-electron chi connectivity index (χ4n) is 1.99. The van der Waals surface area contributed by atoms with E-state index in [9.17, 15) is 14.4 Å². The minimum atomic E-state index is -0.763. The van der Waals surface area contributed by atoms with Gasteiger partial charge in [-0.1, -0.05) is 28.8 Å². The molecule has 0 aliphatic carbocycles. The van der Waals surface area contributed by atoms with E-state index in [-0.39, 0.29) is 5.78 Å². The van der Waals surface area contributed by atoms with Gasteiger partial charge in [-0.3, -0.25) is 4.79 Å². The monoisotopic (exact) mass is 421 g/mol. The smallest absolute Gasteiger partial charge is 0.408 e. The van der Waals surface area contributed by atoms with Crippen LogP contribution in [-0.4, -0.2) is 40.4 Å². The number of carbonyl (C=O) groups excluding carboxylic acids is 3. The lowest BCUT2D eigenvalue weighted by Crippen LogP contribution is -2.46. The highest BCUT2D eigenvalue weighted by atomic mass is 79.9. The van der Waals surface area contributed by atoms with Crippen LogP contribution >= 0.6 is 15.9 Å². The number of esters is 1. The normalized spacial score (nSPS) is 13.1. The summed E-state index contributed by atoms with van der Waals surface area (Å²) < 4.78 is 10.6. The number of ketones is 1. The topological polar surface area (TPSA) is 81.7 Å². The number of alkyl carbamates (subject to hydrolysis) is 1. The molecule has 1 N–H and O–H groups in total. The number of Topliss-reactive ketones (excluding diaryl/α,β-unsaturated/α-hetero) is 1. The van der Waals surface area contributed by atoms with E-state index in [1.54, 1.807) is 41.5 Å². The maximum Gasteiger partial charge on any atom is 0.408 e. The first kappa shape index (κ1) is 23.9. The van der Waals surface area contributed by atoms with Crippen LogP contribution in [0, 0.1) is 0 Å². The Morgan fingerprint density at radius 1 is 0.920 bits per heavy atom. The van der Waals surface area contributed by atoms with Crippen molar-refractivity contribution in [3.05, 3.63) is 0 Å². The van der Waals surface area contributed by atoms with Gasteiger partial charge in [-0.25, -0.2) is 9.59 Å². The zero-order valence-electron chi connectivity index (χ0n) is 16.2. The molecule has 0 rings (SSSR count). The molecular formula is C18H32BrNO5. The summed E-state index contributed by atoms with van der Waals surface area (Å²) in [6.45, 7) is 10.6. The molecule has 0 aromatic rings. The molecule has 0 saturated carbocycles. The van der Waals surface area contributed by atoms with Gasteiger partial charge in [0.15, 0.2) is 0 Å². The number of carbonyl (C=O) groups is 3. The summed E-state index contributed by atoms with van der Waals surface area (Å²) in [5.41, 5.74) is -1.27. The van der Waals surface area contributed by atoms with Gasteiger partial charge in [0.1, 0.15) is 23.0 Å². The van der Waals surface area contributed by atoms with Crippen molar-refractivity contribution in [2.75, 3.05) is 5.33 Å². The van der Waals surface area contributed by atoms with Crippen LogP contribution in [0.15, 0.2) is 0 Å². The number of hydrogen-bond acceptors (Lipinski definition) is 5. The van der Waals surface area contributed by atoms with Crippen molar-refractivity contribution in [2.45, 2.75) is 90.9 Å². The number of hydrogen-bond donors (Lipinski definition) is 1. The molecule has 0 heterocycles. The van der Waals surface area contributed by atoms with Crippen LogP contribution in [0.4, 0.5) is 4.79 Å². The molecule has 0 fully saturated rings. The van der Waals surface area contributed by atoms with Gasteiger partial charge in [-0.05, 0) is 54.4 Å². The number of amides is 1. The Morgan fingerprint density at radius 2 is 1.48 bits per heavy atom. The number of halogens is 1. The highest BCUT2D eigenvalue weighted by Crippen LogP contribution is 2.14. The number of unbranched alkanes of at least 4 members (excludes halogenated alkanes) is 2. The highest BCUT2D eigenvalue weighted by Gasteiger charge is 2.28. The van der Waals surface area contributed by atoms with E-state index in [1.165, 1.54) is 0 Å². The van der Waals surface area contributed by atoms with Crippen LogP contribution in [0.5, 0.6) is 0 Å². The Labute approximate surface area is 159 Å². The predicted octanol–water partition coefficient (Wildman–Crippen LogP) is 4.14. The van der Waals surface area contributed by atoms with Crippen LogP contribution in [0.1, 0.15) is 73.6 Å². The fourth-order valence-corrected chi connectivity index (χ4v) is 2.27. The molecule has 1 amide bonds. The summed E-state index contributed by atoms with van der Waals surface area (Å²) in [6, 6.07) is -0.763. The third kappa shape index (κ3) is 13.8. The fraction of sp³-hybridized carbons (Fsp3) is 0.833. The van der Waals surface area contributed by atoms with Crippen molar-refractivity contribution < 1.29 is 23.9 Å². The maximum atomic E-state index is 12.3. The Hall–Kier alpha value is -1.11. The third-order valence-corrected chi connectivity index (χ3v) is 3.61. The molecule has 146 valence electrons. The summed E-state index contributed by atoms with van der Waals surface area (Å²) in [7, 11) is 0. The Bertz CT molecular complexity index is 451. The zero-order valence-corrected chi connectivity index (χ0v) is 17.8. The summed E-state index contributed by atoms with van der Waals surface area (Å²) in [6.07, 6.45) is 2.58. The van der Waals surface area contributed by atoms with E-state index in [1.807, 2.05) is 0 Å². The number of nitrogens with one attached hydrogen (secondary N) is 1. The SMILES string of the molecule is CC(C)(C)OC(=O)N[C@@H](CCCCCC(=O)CBr)C(=O)OC(C)(C)C. The lowest BCUT2D eigenvalue weighted by atomic mass is 10.1. The second kappa shape index (κ2) is 10.8.